The number of phenols is 1. The van der Waals surface area contributed by atoms with Gasteiger partial charge in [0.1, 0.15) is 5.75 Å². The number of rotatable bonds is 8. The smallest absolute Gasteiger partial charge is 0.224 e. The summed E-state index contributed by atoms with van der Waals surface area (Å²) in [7, 11) is 0. The van der Waals surface area contributed by atoms with Crippen molar-refractivity contribution in [1.29, 1.82) is 0 Å². The number of benzene rings is 1. The van der Waals surface area contributed by atoms with Crippen molar-refractivity contribution in [3.8, 4) is 5.75 Å². The van der Waals surface area contributed by atoms with E-state index in [0.717, 1.165) is 18.2 Å². The molecule has 0 heterocycles. The molecular formula is C14H20BrNO2. The maximum Gasteiger partial charge on any atom is 0.224 e. The van der Waals surface area contributed by atoms with E-state index < -0.39 is 0 Å². The lowest BCUT2D eigenvalue weighted by Crippen LogP contribution is -2.26. The first kappa shape index (κ1) is 15.0. The van der Waals surface area contributed by atoms with Crippen LogP contribution in [0.2, 0.25) is 0 Å². The molecule has 2 N–H and O–H groups in total. The number of hydrogen-bond acceptors (Lipinski definition) is 2. The van der Waals surface area contributed by atoms with Gasteiger partial charge in [0, 0.05) is 17.4 Å². The predicted octanol–water partition coefficient (Wildman–Crippen LogP) is 3.01. The minimum absolute atomic E-state index is 0.0306. The molecule has 100 valence electrons. The summed E-state index contributed by atoms with van der Waals surface area (Å²) in [5.74, 6) is 0.155. The van der Waals surface area contributed by atoms with Gasteiger partial charge in [-0.25, -0.2) is 0 Å². The number of amides is 1. The van der Waals surface area contributed by atoms with Crippen LogP contribution in [0.3, 0.4) is 0 Å². The van der Waals surface area contributed by atoms with Crippen molar-refractivity contribution in [2.24, 2.45) is 0 Å². The number of nitrogens with one attached hydrogen (secondary N) is 1. The predicted molar refractivity (Wildman–Crippen MR) is 77.1 cm³/mol. The summed E-state index contributed by atoms with van der Waals surface area (Å²) in [6.45, 7) is 0.717. The SMILES string of the molecule is O=C(Cc1ccccc1O)NCCCCCCBr. The van der Waals surface area contributed by atoms with Crippen LogP contribution in [0.15, 0.2) is 24.3 Å². The fraction of sp³-hybridized carbons (Fsp3) is 0.500. The Labute approximate surface area is 117 Å². The monoisotopic (exact) mass is 313 g/mol. The summed E-state index contributed by atoms with van der Waals surface area (Å²) < 4.78 is 0. The highest BCUT2D eigenvalue weighted by molar-refractivity contribution is 9.09. The fourth-order valence-corrected chi connectivity index (χ4v) is 2.09. The molecule has 0 saturated carbocycles. The first-order valence-corrected chi connectivity index (χ1v) is 7.45. The summed E-state index contributed by atoms with van der Waals surface area (Å²) in [6.07, 6.45) is 4.78. The molecule has 0 fully saturated rings. The summed E-state index contributed by atoms with van der Waals surface area (Å²) in [5, 5.41) is 13.5. The van der Waals surface area contributed by atoms with Crippen molar-refractivity contribution in [3.05, 3.63) is 29.8 Å². The lowest BCUT2D eigenvalue weighted by molar-refractivity contribution is -0.120. The van der Waals surface area contributed by atoms with E-state index in [-0.39, 0.29) is 18.1 Å². The molecule has 0 unspecified atom stereocenters. The normalized spacial score (nSPS) is 10.3. The average Bonchev–Trinajstić information content (AvgIpc) is 2.36. The first-order valence-electron chi connectivity index (χ1n) is 6.33. The molecule has 1 aromatic carbocycles. The minimum atomic E-state index is -0.0306. The van der Waals surface area contributed by atoms with E-state index in [0.29, 0.717) is 12.1 Å². The van der Waals surface area contributed by atoms with Gasteiger partial charge in [0.15, 0.2) is 0 Å². The van der Waals surface area contributed by atoms with Crippen molar-refractivity contribution in [2.75, 3.05) is 11.9 Å². The molecule has 1 rings (SSSR count). The lowest BCUT2D eigenvalue weighted by Gasteiger charge is -2.06. The van der Waals surface area contributed by atoms with Crippen LogP contribution in [0.5, 0.6) is 5.75 Å². The molecule has 0 radical (unpaired) electrons. The van der Waals surface area contributed by atoms with E-state index in [1.54, 1.807) is 18.2 Å². The van der Waals surface area contributed by atoms with Crippen LogP contribution in [0, 0.1) is 0 Å². The highest BCUT2D eigenvalue weighted by Crippen LogP contribution is 2.15. The molecule has 4 heteroatoms. The number of aromatic hydroxyl groups is 1. The molecule has 0 saturated heterocycles. The number of unbranched alkanes of at least 4 members (excludes halogenated alkanes) is 3. The van der Waals surface area contributed by atoms with Gasteiger partial charge in [0.2, 0.25) is 5.91 Å². The lowest BCUT2D eigenvalue weighted by atomic mass is 10.1. The van der Waals surface area contributed by atoms with E-state index in [9.17, 15) is 9.90 Å². The molecule has 0 bridgehead atoms. The highest BCUT2D eigenvalue weighted by Gasteiger charge is 2.05. The summed E-state index contributed by atoms with van der Waals surface area (Å²) in [5.41, 5.74) is 0.675. The number of carbonyl (C=O) groups excluding carboxylic acids is 1. The maximum absolute atomic E-state index is 11.6. The molecule has 1 amide bonds. The van der Waals surface area contributed by atoms with Crippen molar-refractivity contribution in [2.45, 2.75) is 32.1 Å². The maximum atomic E-state index is 11.6. The number of carbonyl (C=O) groups is 1. The van der Waals surface area contributed by atoms with E-state index in [4.69, 9.17) is 0 Å². The van der Waals surface area contributed by atoms with E-state index in [2.05, 4.69) is 21.2 Å². The Morgan fingerprint density at radius 1 is 1.17 bits per heavy atom. The van der Waals surface area contributed by atoms with Gasteiger partial charge in [-0.15, -0.1) is 0 Å². The van der Waals surface area contributed by atoms with Crippen LogP contribution in [0.1, 0.15) is 31.2 Å². The van der Waals surface area contributed by atoms with Crippen LogP contribution < -0.4 is 5.32 Å². The quantitative estimate of drug-likeness (QED) is 0.572. The standard InChI is InChI=1S/C14H20BrNO2/c15-9-5-1-2-6-10-16-14(18)11-12-7-3-4-8-13(12)17/h3-4,7-8,17H,1-2,5-6,9-11H2,(H,16,18). The zero-order valence-electron chi connectivity index (χ0n) is 10.5. The van der Waals surface area contributed by atoms with E-state index in [1.165, 1.54) is 12.8 Å². The van der Waals surface area contributed by atoms with Crippen LogP contribution in [0.4, 0.5) is 0 Å². The largest absolute Gasteiger partial charge is 0.508 e. The third-order valence-electron chi connectivity index (χ3n) is 2.73. The Balaban J connectivity index is 2.16. The topological polar surface area (TPSA) is 49.3 Å². The Kier molecular flexibility index (Phi) is 7.49. The van der Waals surface area contributed by atoms with Crippen LogP contribution >= 0.6 is 15.9 Å². The Morgan fingerprint density at radius 3 is 2.61 bits per heavy atom. The second kappa shape index (κ2) is 8.97. The molecule has 0 aliphatic heterocycles. The van der Waals surface area contributed by atoms with E-state index in [1.807, 2.05) is 6.07 Å². The van der Waals surface area contributed by atoms with Gasteiger partial charge in [-0.05, 0) is 18.9 Å². The van der Waals surface area contributed by atoms with Gasteiger partial charge < -0.3 is 10.4 Å². The molecule has 3 nitrogen and oxygen atoms in total. The van der Waals surface area contributed by atoms with Crippen molar-refractivity contribution < 1.29 is 9.90 Å². The second-order valence-corrected chi connectivity index (χ2v) is 5.05. The molecule has 18 heavy (non-hydrogen) atoms. The zero-order chi connectivity index (χ0) is 13.2. The molecule has 0 spiro atoms. The second-order valence-electron chi connectivity index (χ2n) is 4.26. The van der Waals surface area contributed by atoms with Crippen molar-refractivity contribution in [3.63, 3.8) is 0 Å². The summed E-state index contributed by atoms with van der Waals surface area (Å²) >= 11 is 3.39. The van der Waals surface area contributed by atoms with Gasteiger partial charge in [-0.2, -0.15) is 0 Å². The van der Waals surface area contributed by atoms with Gasteiger partial charge in [0.25, 0.3) is 0 Å². The number of hydrogen-bond donors (Lipinski definition) is 2. The molecular weight excluding hydrogens is 294 g/mol. The van der Waals surface area contributed by atoms with Gasteiger partial charge >= 0.3 is 0 Å². The van der Waals surface area contributed by atoms with Crippen LogP contribution in [-0.2, 0) is 11.2 Å². The van der Waals surface area contributed by atoms with Crippen LogP contribution in [0.25, 0.3) is 0 Å². The molecule has 0 aliphatic carbocycles. The Morgan fingerprint density at radius 2 is 1.89 bits per heavy atom. The van der Waals surface area contributed by atoms with Gasteiger partial charge in [-0.3, -0.25) is 4.79 Å². The third kappa shape index (κ3) is 6.05. The molecule has 1 aromatic rings. The summed E-state index contributed by atoms with van der Waals surface area (Å²) in [6, 6.07) is 6.94. The van der Waals surface area contributed by atoms with E-state index >= 15 is 0 Å². The van der Waals surface area contributed by atoms with Crippen LogP contribution in [-0.4, -0.2) is 22.9 Å². The molecule has 0 atom stereocenters. The third-order valence-corrected chi connectivity index (χ3v) is 3.29. The summed E-state index contributed by atoms with van der Waals surface area (Å²) in [4.78, 5) is 11.6. The first-order chi connectivity index (χ1) is 8.74. The number of phenolic OH excluding ortho intramolecular Hbond substituents is 1. The number of alkyl halides is 1. The zero-order valence-corrected chi connectivity index (χ0v) is 12.1. The number of para-hydroxylation sites is 1. The van der Waals surface area contributed by atoms with Gasteiger partial charge in [-0.1, -0.05) is 47.0 Å². The molecule has 0 aromatic heterocycles. The van der Waals surface area contributed by atoms with Crippen molar-refractivity contribution >= 4 is 21.8 Å². The highest BCUT2D eigenvalue weighted by atomic mass is 79.9. The van der Waals surface area contributed by atoms with Gasteiger partial charge in [0.05, 0.1) is 6.42 Å². The number of halogens is 1. The Hall–Kier alpha value is -1.03. The fourth-order valence-electron chi connectivity index (χ4n) is 1.70. The minimum Gasteiger partial charge on any atom is -0.508 e. The Bertz CT molecular complexity index is 369. The average molecular weight is 314 g/mol. The molecule has 0 aliphatic rings. The van der Waals surface area contributed by atoms with Crippen molar-refractivity contribution in [1.82, 2.24) is 5.32 Å².